The van der Waals surface area contributed by atoms with Crippen LogP contribution >= 0.6 is 11.6 Å². The van der Waals surface area contributed by atoms with E-state index >= 15 is 0 Å². The summed E-state index contributed by atoms with van der Waals surface area (Å²) in [6.07, 6.45) is 3.55. The number of hydrogen-bond donors (Lipinski definition) is 1. The lowest BCUT2D eigenvalue weighted by Crippen LogP contribution is -2.35. The van der Waals surface area contributed by atoms with Crippen LogP contribution < -0.4 is 5.32 Å². The molecule has 0 bridgehead atoms. The Labute approximate surface area is 130 Å². The van der Waals surface area contributed by atoms with E-state index in [4.69, 9.17) is 11.6 Å². The number of halogens is 1. The third-order valence-corrected chi connectivity index (χ3v) is 3.84. The Morgan fingerprint density at radius 3 is 2.10 bits per heavy atom. The monoisotopic (exact) mass is 295 g/mol. The van der Waals surface area contributed by atoms with Gasteiger partial charge >= 0.3 is 0 Å². The van der Waals surface area contributed by atoms with Gasteiger partial charge < -0.3 is 5.32 Å². The van der Waals surface area contributed by atoms with E-state index in [1.807, 2.05) is 12.1 Å². The Hall–Kier alpha value is -0.530. The molecule has 1 unspecified atom stereocenters. The van der Waals surface area contributed by atoms with E-state index in [1.165, 1.54) is 18.4 Å². The largest absolute Gasteiger partial charge is 0.307 e. The average Bonchev–Trinajstić information content (AvgIpc) is 2.34. The number of benzene rings is 1. The van der Waals surface area contributed by atoms with Crippen LogP contribution in [0.25, 0.3) is 0 Å². The van der Waals surface area contributed by atoms with E-state index in [2.05, 4.69) is 52.1 Å². The van der Waals surface area contributed by atoms with Gasteiger partial charge in [-0.05, 0) is 48.8 Å². The summed E-state index contributed by atoms with van der Waals surface area (Å²) in [6, 6.07) is 9.23. The molecule has 0 heterocycles. The van der Waals surface area contributed by atoms with Gasteiger partial charge in [-0.15, -0.1) is 0 Å². The summed E-state index contributed by atoms with van der Waals surface area (Å²) in [4.78, 5) is 0. The van der Waals surface area contributed by atoms with Crippen molar-refractivity contribution in [3.05, 3.63) is 34.9 Å². The van der Waals surface area contributed by atoms with Crippen LogP contribution in [-0.4, -0.2) is 6.04 Å². The maximum Gasteiger partial charge on any atom is 0.0409 e. The quantitative estimate of drug-likeness (QED) is 0.635. The molecule has 0 saturated carbocycles. The second-order valence-corrected chi connectivity index (χ2v) is 7.07. The number of hydrogen-bond acceptors (Lipinski definition) is 1. The molecule has 0 aliphatic rings. The molecule has 1 atom stereocenters. The van der Waals surface area contributed by atoms with Crippen LogP contribution in [0, 0.1) is 11.8 Å². The zero-order chi connectivity index (χ0) is 15.1. The van der Waals surface area contributed by atoms with Crippen molar-refractivity contribution in [2.24, 2.45) is 11.8 Å². The summed E-state index contributed by atoms with van der Waals surface area (Å²) in [5, 5.41) is 4.68. The number of rotatable bonds is 8. The highest BCUT2D eigenvalue weighted by atomic mass is 35.5. The summed E-state index contributed by atoms with van der Waals surface area (Å²) in [7, 11) is 0. The lowest BCUT2D eigenvalue weighted by atomic mass is 9.93. The average molecular weight is 296 g/mol. The summed E-state index contributed by atoms with van der Waals surface area (Å²) >= 11 is 6.12. The van der Waals surface area contributed by atoms with E-state index in [0.29, 0.717) is 12.1 Å². The highest BCUT2D eigenvalue weighted by Crippen LogP contribution is 2.23. The van der Waals surface area contributed by atoms with E-state index in [9.17, 15) is 0 Å². The van der Waals surface area contributed by atoms with Crippen LogP contribution in [0.3, 0.4) is 0 Å². The third-order valence-electron chi connectivity index (χ3n) is 3.61. The molecule has 0 radical (unpaired) electrons. The zero-order valence-corrected chi connectivity index (χ0v) is 14.4. The lowest BCUT2D eigenvalue weighted by molar-refractivity contribution is 0.324. The molecule has 0 aliphatic carbocycles. The summed E-state index contributed by atoms with van der Waals surface area (Å²) < 4.78 is 0. The molecule has 1 N–H and O–H groups in total. The Morgan fingerprint density at radius 1 is 1.05 bits per heavy atom. The van der Waals surface area contributed by atoms with E-state index < -0.39 is 0 Å². The number of nitrogens with one attached hydrogen (secondary N) is 1. The lowest BCUT2D eigenvalue weighted by Gasteiger charge is -2.28. The molecule has 1 aromatic carbocycles. The summed E-state index contributed by atoms with van der Waals surface area (Å²) in [5.41, 5.74) is 1.30. The Kier molecular flexibility index (Phi) is 7.61. The summed E-state index contributed by atoms with van der Waals surface area (Å²) in [6.45, 7) is 11.4. The van der Waals surface area contributed by atoms with Gasteiger partial charge in [0.1, 0.15) is 0 Å². The van der Waals surface area contributed by atoms with Crippen LogP contribution in [-0.2, 0) is 0 Å². The molecule has 1 aromatic rings. The molecule has 114 valence electrons. The second-order valence-electron chi connectivity index (χ2n) is 6.64. The SMILES string of the molecule is CCC(NC(CC(C)C)CC(C)C)c1cccc(Cl)c1. The van der Waals surface area contributed by atoms with Crippen molar-refractivity contribution < 1.29 is 0 Å². The fourth-order valence-corrected chi connectivity index (χ4v) is 3.03. The fourth-order valence-electron chi connectivity index (χ4n) is 2.83. The minimum absolute atomic E-state index is 0.399. The van der Waals surface area contributed by atoms with Gasteiger partial charge in [0.05, 0.1) is 0 Å². The molecule has 1 nitrogen and oxygen atoms in total. The first-order valence-electron chi connectivity index (χ1n) is 7.93. The van der Waals surface area contributed by atoms with Crippen molar-refractivity contribution in [2.75, 3.05) is 0 Å². The molecule has 0 saturated heterocycles. The smallest absolute Gasteiger partial charge is 0.0409 e. The minimum atomic E-state index is 0.399. The maximum absolute atomic E-state index is 6.12. The predicted molar refractivity (Wildman–Crippen MR) is 90.3 cm³/mol. The van der Waals surface area contributed by atoms with Crippen LogP contribution in [0.5, 0.6) is 0 Å². The Bertz CT molecular complexity index is 377. The Morgan fingerprint density at radius 2 is 1.65 bits per heavy atom. The van der Waals surface area contributed by atoms with Gasteiger partial charge in [0.15, 0.2) is 0 Å². The van der Waals surface area contributed by atoms with Gasteiger partial charge in [0.2, 0.25) is 0 Å². The molecule has 1 rings (SSSR count). The summed E-state index contributed by atoms with van der Waals surface area (Å²) in [5.74, 6) is 1.45. The molecule has 0 aromatic heterocycles. The highest BCUT2D eigenvalue weighted by molar-refractivity contribution is 6.30. The van der Waals surface area contributed by atoms with Gasteiger partial charge in [-0.1, -0.05) is 58.4 Å². The third kappa shape index (κ3) is 6.28. The molecule has 0 fully saturated rings. The van der Waals surface area contributed by atoms with Gasteiger partial charge in [-0.25, -0.2) is 0 Å². The molecule has 0 aliphatic heterocycles. The molecular weight excluding hydrogens is 266 g/mol. The van der Waals surface area contributed by atoms with Gasteiger partial charge in [0, 0.05) is 17.1 Å². The van der Waals surface area contributed by atoms with Gasteiger partial charge in [-0.3, -0.25) is 0 Å². The highest BCUT2D eigenvalue weighted by Gasteiger charge is 2.18. The van der Waals surface area contributed by atoms with Crippen LogP contribution in [0.1, 0.15) is 65.5 Å². The first-order valence-corrected chi connectivity index (χ1v) is 8.31. The molecule has 0 amide bonds. The van der Waals surface area contributed by atoms with Crippen LogP contribution in [0.15, 0.2) is 24.3 Å². The van der Waals surface area contributed by atoms with E-state index in [0.717, 1.165) is 23.3 Å². The van der Waals surface area contributed by atoms with Crippen molar-refractivity contribution >= 4 is 11.6 Å². The first kappa shape index (κ1) is 17.5. The van der Waals surface area contributed by atoms with Crippen LogP contribution in [0.2, 0.25) is 5.02 Å². The molecular formula is C18H30ClN. The Balaban J connectivity index is 2.77. The van der Waals surface area contributed by atoms with Crippen LogP contribution in [0.4, 0.5) is 0 Å². The van der Waals surface area contributed by atoms with Crippen molar-refractivity contribution in [1.82, 2.24) is 5.32 Å². The standard InChI is InChI=1S/C18H30ClN/c1-6-18(15-8-7-9-16(19)12-15)20-17(10-13(2)3)11-14(4)5/h7-9,12-14,17-18,20H,6,10-11H2,1-5H3. The first-order chi connectivity index (χ1) is 9.42. The topological polar surface area (TPSA) is 12.0 Å². The van der Waals surface area contributed by atoms with Gasteiger partial charge in [0.25, 0.3) is 0 Å². The van der Waals surface area contributed by atoms with Gasteiger partial charge in [-0.2, -0.15) is 0 Å². The molecule has 2 heteroatoms. The van der Waals surface area contributed by atoms with Crippen molar-refractivity contribution in [3.8, 4) is 0 Å². The normalized spacial score (nSPS) is 13.4. The minimum Gasteiger partial charge on any atom is -0.307 e. The van der Waals surface area contributed by atoms with Crippen molar-refractivity contribution in [1.29, 1.82) is 0 Å². The molecule has 20 heavy (non-hydrogen) atoms. The van der Waals surface area contributed by atoms with Crippen molar-refractivity contribution in [3.63, 3.8) is 0 Å². The predicted octanol–water partition coefficient (Wildman–Crippen LogP) is 5.84. The second kappa shape index (κ2) is 8.69. The zero-order valence-electron chi connectivity index (χ0n) is 13.6. The van der Waals surface area contributed by atoms with E-state index in [1.54, 1.807) is 0 Å². The maximum atomic E-state index is 6.12. The molecule has 0 spiro atoms. The van der Waals surface area contributed by atoms with Crippen molar-refractivity contribution in [2.45, 2.75) is 66.0 Å². The van der Waals surface area contributed by atoms with E-state index in [-0.39, 0.29) is 0 Å². The fraction of sp³-hybridized carbons (Fsp3) is 0.667.